The van der Waals surface area contributed by atoms with Crippen LogP contribution in [0.15, 0.2) is 18.2 Å². The quantitative estimate of drug-likeness (QED) is 0.802. The number of phenols is 1. The molecule has 0 bridgehead atoms. The van der Waals surface area contributed by atoms with Crippen molar-refractivity contribution in [3.05, 3.63) is 23.8 Å². The number of nitriles is 1. The van der Waals surface area contributed by atoms with Crippen molar-refractivity contribution >= 4 is 5.69 Å². The number of phenolic OH excluding ortho intramolecular Hbond substituents is 1. The van der Waals surface area contributed by atoms with Gasteiger partial charge >= 0.3 is 0 Å². The van der Waals surface area contributed by atoms with E-state index in [4.69, 9.17) is 5.26 Å². The van der Waals surface area contributed by atoms with Crippen LogP contribution < -0.4 is 10.2 Å². The Morgan fingerprint density at radius 3 is 2.55 bits per heavy atom. The summed E-state index contributed by atoms with van der Waals surface area (Å²) in [6.07, 6.45) is 0.481. The van der Waals surface area contributed by atoms with Gasteiger partial charge in [0.05, 0.1) is 12.5 Å². The predicted octanol–water partition coefficient (Wildman–Crippen LogP) is 3.19. The van der Waals surface area contributed by atoms with Crippen LogP contribution in [0.5, 0.6) is 5.75 Å². The second-order valence-electron chi connectivity index (χ2n) is 5.22. The molecule has 1 unspecified atom stereocenters. The van der Waals surface area contributed by atoms with Crippen molar-refractivity contribution in [2.45, 2.75) is 46.2 Å². The summed E-state index contributed by atoms with van der Waals surface area (Å²) < 4.78 is 0. The van der Waals surface area contributed by atoms with Crippen LogP contribution >= 0.6 is 0 Å². The summed E-state index contributed by atoms with van der Waals surface area (Å²) in [5.74, 6) is 0.304. The highest BCUT2D eigenvalue weighted by Crippen LogP contribution is 2.30. The van der Waals surface area contributed by atoms with Crippen molar-refractivity contribution in [1.29, 1.82) is 5.26 Å². The molecular weight excluding hydrogens is 250 g/mol. The Balaban J connectivity index is 2.97. The van der Waals surface area contributed by atoms with Crippen LogP contribution in [0.25, 0.3) is 0 Å². The number of nitrogens with one attached hydrogen (secondary N) is 1. The smallest absolute Gasteiger partial charge is 0.122 e. The average Bonchev–Trinajstić information content (AvgIpc) is 2.39. The lowest BCUT2D eigenvalue weighted by Gasteiger charge is -2.29. The van der Waals surface area contributed by atoms with E-state index >= 15 is 0 Å². The monoisotopic (exact) mass is 275 g/mol. The van der Waals surface area contributed by atoms with Crippen LogP contribution in [-0.4, -0.2) is 24.2 Å². The Hall–Kier alpha value is -1.73. The van der Waals surface area contributed by atoms with E-state index in [2.05, 4.69) is 30.1 Å². The van der Waals surface area contributed by atoms with Crippen LogP contribution in [0, 0.1) is 11.3 Å². The van der Waals surface area contributed by atoms with Gasteiger partial charge in [0.25, 0.3) is 0 Å². The van der Waals surface area contributed by atoms with Crippen LogP contribution in [0.3, 0.4) is 0 Å². The van der Waals surface area contributed by atoms with Crippen molar-refractivity contribution in [3.8, 4) is 11.8 Å². The Labute approximate surface area is 122 Å². The summed E-state index contributed by atoms with van der Waals surface area (Å²) in [6, 6.07) is 8.35. The SMILES string of the molecule is CCNC(C)c1ccc(N(CCC#N)C(C)C)cc1O. The second-order valence-corrected chi connectivity index (χ2v) is 5.22. The summed E-state index contributed by atoms with van der Waals surface area (Å²) in [5.41, 5.74) is 1.86. The third-order valence-electron chi connectivity index (χ3n) is 3.41. The molecule has 4 heteroatoms. The van der Waals surface area contributed by atoms with Crippen LogP contribution in [0.1, 0.15) is 45.7 Å². The fraction of sp³-hybridized carbons (Fsp3) is 0.562. The molecular formula is C16H25N3O. The summed E-state index contributed by atoms with van der Waals surface area (Å²) in [4.78, 5) is 2.13. The lowest BCUT2D eigenvalue weighted by atomic mass is 10.1. The lowest BCUT2D eigenvalue weighted by molar-refractivity contribution is 0.454. The van der Waals surface area contributed by atoms with Gasteiger partial charge in [-0.2, -0.15) is 5.26 Å². The minimum Gasteiger partial charge on any atom is -0.508 e. The van der Waals surface area contributed by atoms with Gasteiger partial charge in [-0.25, -0.2) is 0 Å². The highest BCUT2D eigenvalue weighted by atomic mass is 16.3. The van der Waals surface area contributed by atoms with E-state index in [1.165, 1.54) is 0 Å². The summed E-state index contributed by atoms with van der Waals surface area (Å²) in [5, 5.41) is 22.2. The molecule has 110 valence electrons. The molecule has 4 nitrogen and oxygen atoms in total. The number of benzene rings is 1. The number of anilines is 1. The molecule has 1 atom stereocenters. The molecule has 0 fully saturated rings. The zero-order valence-electron chi connectivity index (χ0n) is 12.8. The zero-order valence-corrected chi connectivity index (χ0v) is 12.8. The molecule has 20 heavy (non-hydrogen) atoms. The maximum Gasteiger partial charge on any atom is 0.122 e. The molecule has 0 aliphatic rings. The number of rotatable bonds is 7. The van der Waals surface area contributed by atoms with Crippen molar-refractivity contribution < 1.29 is 5.11 Å². The molecule has 0 saturated heterocycles. The minimum absolute atomic E-state index is 0.126. The highest BCUT2D eigenvalue weighted by Gasteiger charge is 2.14. The first-order chi connectivity index (χ1) is 9.51. The second kappa shape index (κ2) is 7.76. The number of hydrogen-bond acceptors (Lipinski definition) is 4. The molecule has 0 saturated carbocycles. The highest BCUT2D eigenvalue weighted by molar-refractivity contribution is 5.54. The Morgan fingerprint density at radius 1 is 1.35 bits per heavy atom. The number of aromatic hydroxyl groups is 1. The molecule has 0 heterocycles. The zero-order chi connectivity index (χ0) is 15.1. The average molecular weight is 275 g/mol. The molecule has 0 spiro atoms. The molecule has 0 radical (unpaired) electrons. The minimum atomic E-state index is 0.126. The van der Waals surface area contributed by atoms with Gasteiger partial charge in [0.1, 0.15) is 5.75 Å². The molecule has 0 aliphatic carbocycles. The van der Waals surface area contributed by atoms with Gasteiger partial charge in [0.15, 0.2) is 0 Å². The molecule has 2 N–H and O–H groups in total. The third-order valence-corrected chi connectivity index (χ3v) is 3.41. The van der Waals surface area contributed by atoms with Crippen LogP contribution in [0.2, 0.25) is 0 Å². The maximum atomic E-state index is 10.2. The van der Waals surface area contributed by atoms with Gasteiger partial charge in [0.2, 0.25) is 0 Å². The van der Waals surface area contributed by atoms with Gasteiger partial charge in [-0.3, -0.25) is 0 Å². The number of nitrogens with zero attached hydrogens (tertiary/aromatic N) is 2. The van der Waals surface area contributed by atoms with Gasteiger partial charge in [-0.1, -0.05) is 13.0 Å². The molecule has 1 rings (SSSR count). The topological polar surface area (TPSA) is 59.3 Å². The van der Waals surface area contributed by atoms with E-state index < -0.39 is 0 Å². The van der Waals surface area contributed by atoms with Crippen molar-refractivity contribution in [1.82, 2.24) is 5.32 Å². The number of hydrogen-bond donors (Lipinski definition) is 2. The molecule has 1 aromatic rings. The molecule has 0 aromatic heterocycles. The fourth-order valence-corrected chi connectivity index (χ4v) is 2.35. The van der Waals surface area contributed by atoms with Crippen molar-refractivity contribution in [2.75, 3.05) is 18.0 Å². The fourth-order valence-electron chi connectivity index (χ4n) is 2.35. The standard InChI is InChI=1S/C16H25N3O/c1-5-18-13(4)15-8-7-14(11-16(15)20)19(12(2)3)10-6-9-17/h7-8,11-13,18,20H,5-6,10H2,1-4H3. The predicted molar refractivity (Wildman–Crippen MR) is 82.9 cm³/mol. The first-order valence-electron chi connectivity index (χ1n) is 7.21. The van der Waals surface area contributed by atoms with Crippen LogP contribution in [-0.2, 0) is 0 Å². The lowest BCUT2D eigenvalue weighted by Crippen LogP contribution is -2.31. The van der Waals surface area contributed by atoms with E-state index in [0.29, 0.717) is 24.8 Å². The van der Waals surface area contributed by atoms with Crippen molar-refractivity contribution in [2.24, 2.45) is 0 Å². The van der Waals surface area contributed by atoms with Crippen LogP contribution in [0.4, 0.5) is 5.69 Å². The van der Waals surface area contributed by atoms with E-state index in [1.807, 2.05) is 26.0 Å². The van der Waals surface area contributed by atoms with E-state index in [0.717, 1.165) is 17.8 Å². The molecule has 0 amide bonds. The largest absolute Gasteiger partial charge is 0.508 e. The third kappa shape index (κ3) is 4.14. The van der Waals surface area contributed by atoms with E-state index in [-0.39, 0.29) is 6.04 Å². The Kier molecular flexibility index (Phi) is 6.33. The first-order valence-corrected chi connectivity index (χ1v) is 7.21. The summed E-state index contributed by atoms with van der Waals surface area (Å²) in [7, 11) is 0. The summed E-state index contributed by atoms with van der Waals surface area (Å²) >= 11 is 0. The molecule has 0 aliphatic heterocycles. The van der Waals surface area contributed by atoms with Crippen molar-refractivity contribution in [3.63, 3.8) is 0 Å². The first kappa shape index (κ1) is 16.3. The van der Waals surface area contributed by atoms with Gasteiger partial charge in [-0.05, 0) is 33.4 Å². The Bertz CT molecular complexity index is 465. The summed E-state index contributed by atoms with van der Waals surface area (Å²) in [6.45, 7) is 9.80. The van der Waals surface area contributed by atoms with E-state index in [1.54, 1.807) is 6.07 Å². The Morgan fingerprint density at radius 2 is 2.05 bits per heavy atom. The normalized spacial score (nSPS) is 12.2. The maximum absolute atomic E-state index is 10.2. The molecule has 1 aromatic carbocycles. The van der Waals surface area contributed by atoms with E-state index in [9.17, 15) is 5.11 Å². The van der Waals surface area contributed by atoms with Gasteiger partial charge in [0, 0.05) is 35.9 Å². The van der Waals surface area contributed by atoms with Gasteiger partial charge in [-0.15, -0.1) is 0 Å². The van der Waals surface area contributed by atoms with Gasteiger partial charge < -0.3 is 15.3 Å².